The van der Waals surface area contributed by atoms with Crippen molar-refractivity contribution in [2.75, 3.05) is 13.1 Å². The van der Waals surface area contributed by atoms with Crippen molar-refractivity contribution in [3.05, 3.63) is 88.5 Å². The van der Waals surface area contributed by atoms with Crippen LogP contribution in [0.2, 0.25) is 5.02 Å². The summed E-state index contributed by atoms with van der Waals surface area (Å²) in [6.07, 6.45) is 3.78. The van der Waals surface area contributed by atoms with Gasteiger partial charge in [0, 0.05) is 49.0 Å². The van der Waals surface area contributed by atoms with E-state index >= 15 is 0 Å². The number of aromatic nitrogens is 4. The molecule has 2 amide bonds. The van der Waals surface area contributed by atoms with Crippen LogP contribution in [0.25, 0.3) is 11.0 Å². The molecule has 5 rings (SSSR count). The van der Waals surface area contributed by atoms with Crippen molar-refractivity contribution in [1.29, 1.82) is 0 Å². The first-order valence-electron chi connectivity index (χ1n) is 12.4. The molecule has 0 saturated carbocycles. The van der Waals surface area contributed by atoms with Gasteiger partial charge in [-0.25, -0.2) is 0 Å². The number of piperidine rings is 1. The molecular weight excluding hydrogens is 488 g/mol. The highest BCUT2D eigenvalue weighted by Gasteiger charge is 2.34. The number of hydrogen-bond acceptors (Lipinski definition) is 5. The van der Waals surface area contributed by atoms with Crippen LogP contribution in [0.4, 0.5) is 0 Å². The summed E-state index contributed by atoms with van der Waals surface area (Å²) in [4.78, 5) is 37.3. The number of nitrogens with zero attached hydrogens (tertiary/aromatic N) is 5. The largest absolute Gasteiger partial charge is 0.347 e. The summed E-state index contributed by atoms with van der Waals surface area (Å²) in [5.41, 5.74) is 4.05. The fourth-order valence-electron chi connectivity index (χ4n) is 5.01. The standard InChI is InChI=1S/C28H29ClN6O2/c1-17(2)35-25(13-18(3)33-35)27(36)32-23-9-12-34(16-21(23)19-7-5-4-6-8-19)28(37)20-14-22(29)26-24(15-20)30-10-11-31-26/h4-8,10-11,13-15,17,21,23H,9,12,16H2,1-3H3,(H,32,36)/t21-,23-/m1/s1. The Labute approximate surface area is 220 Å². The van der Waals surface area contributed by atoms with E-state index in [0.29, 0.717) is 46.8 Å². The van der Waals surface area contributed by atoms with Crippen molar-refractivity contribution < 1.29 is 9.59 Å². The van der Waals surface area contributed by atoms with Crippen LogP contribution in [-0.4, -0.2) is 55.6 Å². The molecule has 9 heteroatoms. The van der Waals surface area contributed by atoms with Crippen molar-refractivity contribution >= 4 is 34.4 Å². The zero-order valence-electron chi connectivity index (χ0n) is 21.1. The molecule has 0 aliphatic carbocycles. The molecule has 0 unspecified atom stereocenters. The molecule has 190 valence electrons. The molecule has 37 heavy (non-hydrogen) atoms. The highest BCUT2D eigenvalue weighted by molar-refractivity contribution is 6.35. The lowest BCUT2D eigenvalue weighted by atomic mass is 9.85. The molecule has 3 heterocycles. The summed E-state index contributed by atoms with van der Waals surface area (Å²) in [5, 5.41) is 8.13. The monoisotopic (exact) mass is 516 g/mol. The van der Waals surface area contributed by atoms with E-state index in [9.17, 15) is 9.59 Å². The van der Waals surface area contributed by atoms with Gasteiger partial charge in [0.15, 0.2) is 0 Å². The van der Waals surface area contributed by atoms with Crippen LogP contribution in [0.5, 0.6) is 0 Å². The molecule has 8 nitrogen and oxygen atoms in total. The minimum Gasteiger partial charge on any atom is -0.347 e. The smallest absolute Gasteiger partial charge is 0.269 e. The molecule has 1 fully saturated rings. The van der Waals surface area contributed by atoms with E-state index in [4.69, 9.17) is 11.6 Å². The first-order valence-corrected chi connectivity index (χ1v) is 12.8. The number of halogens is 1. The topological polar surface area (TPSA) is 93.0 Å². The van der Waals surface area contributed by atoms with Crippen LogP contribution in [-0.2, 0) is 0 Å². The first kappa shape index (κ1) is 24.9. The van der Waals surface area contributed by atoms with Crippen LogP contribution >= 0.6 is 11.6 Å². The van der Waals surface area contributed by atoms with Crippen molar-refractivity contribution in [2.45, 2.75) is 45.2 Å². The summed E-state index contributed by atoms with van der Waals surface area (Å²) < 4.78 is 1.76. The van der Waals surface area contributed by atoms with Gasteiger partial charge in [-0.2, -0.15) is 5.10 Å². The predicted octanol–water partition coefficient (Wildman–Crippen LogP) is 4.80. The summed E-state index contributed by atoms with van der Waals surface area (Å²) in [6.45, 7) is 6.87. The summed E-state index contributed by atoms with van der Waals surface area (Å²) in [5.74, 6) is -0.344. The molecule has 1 aliphatic heterocycles. The highest BCUT2D eigenvalue weighted by atomic mass is 35.5. The van der Waals surface area contributed by atoms with Gasteiger partial charge in [0.25, 0.3) is 11.8 Å². The third-order valence-corrected chi connectivity index (χ3v) is 7.09. The van der Waals surface area contributed by atoms with E-state index in [-0.39, 0.29) is 29.8 Å². The van der Waals surface area contributed by atoms with E-state index in [1.54, 1.807) is 29.2 Å². The van der Waals surface area contributed by atoms with E-state index in [0.717, 1.165) is 11.3 Å². The summed E-state index contributed by atoms with van der Waals surface area (Å²) in [6, 6.07) is 15.1. The van der Waals surface area contributed by atoms with E-state index < -0.39 is 0 Å². The maximum atomic E-state index is 13.6. The minimum atomic E-state index is -0.153. The van der Waals surface area contributed by atoms with Crippen LogP contribution in [0.15, 0.2) is 60.9 Å². The number of amides is 2. The fourth-order valence-corrected chi connectivity index (χ4v) is 5.27. The molecule has 1 saturated heterocycles. The van der Waals surface area contributed by atoms with Gasteiger partial charge in [-0.1, -0.05) is 41.9 Å². The highest BCUT2D eigenvalue weighted by Crippen LogP contribution is 2.30. The Hall–Kier alpha value is -3.78. The van der Waals surface area contributed by atoms with Crippen molar-refractivity contribution in [2.24, 2.45) is 0 Å². The number of fused-ring (bicyclic) bond motifs is 1. The average Bonchev–Trinajstić information content (AvgIpc) is 3.31. The molecule has 2 atom stereocenters. The third kappa shape index (κ3) is 5.06. The maximum absolute atomic E-state index is 13.6. The molecular formula is C28H29ClN6O2. The van der Waals surface area contributed by atoms with Gasteiger partial charge in [0.1, 0.15) is 11.2 Å². The Bertz CT molecular complexity index is 1450. The second-order valence-corrected chi connectivity index (χ2v) is 10.1. The molecule has 0 spiro atoms. The Morgan fingerprint density at radius 2 is 1.84 bits per heavy atom. The van der Waals surface area contributed by atoms with Crippen LogP contribution in [0.1, 0.15) is 64.3 Å². The minimum absolute atomic E-state index is 0.0670. The Kier molecular flexibility index (Phi) is 6.93. The second kappa shape index (κ2) is 10.3. The van der Waals surface area contributed by atoms with Crippen LogP contribution < -0.4 is 5.32 Å². The van der Waals surface area contributed by atoms with E-state index in [1.807, 2.05) is 62.1 Å². The molecule has 0 radical (unpaired) electrons. The third-order valence-electron chi connectivity index (χ3n) is 6.80. The number of aryl methyl sites for hydroxylation is 1. The molecule has 2 aromatic carbocycles. The number of rotatable bonds is 5. The number of likely N-dealkylation sites (tertiary alicyclic amines) is 1. The zero-order chi connectivity index (χ0) is 26.1. The van der Waals surface area contributed by atoms with Crippen LogP contribution in [0.3, 0.4) is 0 Å². The lowest BCUT2D eigenvalue weighted by Gasteiger charge is -2.39. The van der Waals surface area contributed by atoms with Crippen LogP contribution in [0, 0.1) is 6.92 Å². The van der Waals surface area contributed by atoms with Gasteiger partial charge in [-0.3, -0.25) is 24.2 Å². The number of carbonyl (C=O) groups is 2. The summed E-state index contributed by atoms with van der Waals surface area (Å²) >= 11 is 6.42. The molecule has 0 bridgehead atoms. The van der Waals surface area contributed by atoms with Crippen molar-refractivity contribution in [3.63, 3.8) is 0 Å². The zero-order valence-corrected chi connectivity index (χ0v) is 21.8. The van der Waals surface area contributed by atoms with Gasteiger partial charge in [-0.05, 0) is 51.0 Å². The number of hydrogen-bond donors (Lipinski definition) is 1. The second-order valence-electron chi connectivity index (χ2n) is 9.73. The van der Waals surface area contributed by atoms with E-state index in [1.165, 1.54) is 0 Å². The first-order chi connectivity index (χ1) is 17.8. The Balaban J connectivity index is 1.40. The van der Waals surface area contributed by atoms with Gasteiger partial charge in [-0.15, -0.1) is 0 Å². The molecule has 4 aromatic rings. The molecule has 1 aliphatic rings. The molecule has 1 N–H and O–H groups in total. The number of benzene rings is 2. The lowest BCUT2D eigenvalue weighted by Crippen LogP contribution is -2.51. The van der Waals surface area contributed by atoms with Crippen molar-refractivity contribution in [1.82, 2.24) is 30.0 Å². The quantitative estimate of drug-likeness (QED) is 0.411. The lowest BCUT2D eigenvalue weighted by molar-refractivity contribution is 0.0670. The van der Waals surface area contributed by atoms with Gasteiger partial charge in [0.05, 0.1) is 16.2 Å². The maximum Gasteiger partial charge on any atom is 0.269 e. The Morgan fingerprint density at radius 3 is 2.59 bits per heavy atom. The number of carbonyl (C=O) groups excluding carboxylic acids is 2. The van der Waals surface area contributed by atoms with Gasteiger partial charge in [0.2, 0.25) is 0 Å². The number of nitrogens with one attached hydrogen (secondary N) is 1. The van der Waals surface area contributed by atoms with Crippen molar-refractivity contribution in [3.8, 4) is 0 Å². The fraction of sp³-hybridized carbons (Fsp3) is 0.321. The average molecular weight is 517 g/mol. The predicted molar refractivity (Wildman–Crippen MR) is 143 cm³/mol. The van der Waals surface area contributed by atoms with Gasteiger partial charge < -0.3 is 10.2 Å². The van der Waals surface area contributed by atoms with Gasteiger partial charge >= 0.3 is 0 Å². The van der Waals surface area contributed by atoms with E-state index in [2.05, 4.69) is 20.4 Å². The summed E-state index contributed by atoms with van der Waals surface area (Å²) in [7, 11) is 0. The molecule has 2 aromatic heterocycles. The Morgan fingerprint density at radius 1 is 1.08 bits per heavy atom. The SMILES string of the molecule is Cc1cc(C(=O)N[C@@H]2CCN(C(=O)c3cc(Cl)c4nccnc4c3)C[C@@H]2c2ccccc2)n(C(C)C)n1. The normalized spacial score (nSPS) is 17.8.